The molecular formula is C35H33N5O4S. The molecule has 1 N–H and O–H groups in total. The number of rotatable bonds is 13. The fourth-order valence-corrected chi connectivity index (χ4v) is 5.40. The summed E-state index contributed by atoms with van der Waals surface area (Å²) >= 11 is 0. The molecule has 0 aliphatic heterocycles. The lowest BCUT2D eigenvalue weighted by Gasteiger charge is -2.28. The molecule has 9 nitrogen and oxygen atoms in total. The summed E-state index contributed by atoms with van der Waals surface area (Å²) in [4.78, 5) is 10.6. The second kappa shape index (κ2) is 14.4. The van der Waals surface area contributed by atoms with Gasteiger partial charge < -0.3 is 14.4 Å². The summed E-state index contributed by atoms with van der Waals surface area (Å²) in [5.41, 5.74) is 5.96. The van der Waals surface area contributed by atoms with Crippen LogP contribution in [0, 0.1) is 18.3 Å². The van der Waals surface area contributed by atoms with E-state index >= 15 is 0 Å². The normalized spacial score (nSPS) is 11.0. The average molecular weight is 620 g/mol. The highest BCUT2D eigenvalue weighted by molar-refractivity contribution is 7.92. The molecule has 0 fully saturated rings. The van der Waals surface area contributed by atoms with E-state index in [1.165, 1.54) is 0 Å². The van der Waals surface area contributed by atoms with Crippen molar-refractivity contribution in [3.8, 4) is 23.4 Å². The molecule has 0 aliphatic carbocycles. The molecule has 2 aromatic heterocycles. The van der Waals surface area contributed by atoms with Crippen LogP contribution in [-0.2, 0) is 29.5 Å². The number of hydrogen-bond donors (Lipinski definition) is 1. The van der Waals surface area contributed by atoms with Crippen LogP contribution in [-0.4, -0.2) is 31.2 Å². The number of aromatic nitrogens is 2. The highest BCUT2D eigenvalue weighted by Gasteiger charge is 2.15. The molecule has 0 aliphatic rings. The van der Waals surface area contributed by atoms with Crippen LogP contribution < -0.4 is 19.1 Å². The molecule has 228 valence electrons. The van der Waals surface area contributed by atoms with Crippen molar-refractivity contribution in [1.29, 1.82) is 5.26 Å². The zero-order valence-corrected chi connectivity index (χ0v) is 25.9. The van der Waals surface area contributed by atoms with Gasteiger partial charge in [-0.05, 0) is 77.7 Å². The second-order valence-corrected chi connectivity index (χ2v) is 12.3. The first-order chi connectivity index (χ1) is 21.8. The molecule has 0 unspecified atom stereocenters. The SMILES string of the molecule is Cc1c(NS(C)(=O)=O)cccc1N(Cc1ccc(C#N)cc1)Cc1ccc(Oc2cc(OCCc3cccnc3)ccn2)cc1. The Morgan fingerprint density at radius 1 is 0.867 bits per heavy atom. The van der Waals surface area contributed by atoms with E-state index in [4.69, 9.17) is 9.47 Å². The van der Waals surface area contributed by atoms with Crippen LogP contribution in [0.5, 0.6) is 17.4 Å². The Hall–Kier alpha value is -5.40. The van der Waals surface area contributed by atoms with Gasteiger partial charge in [-0.15, -0.1) is 0 Å². The van der Waals surface area contributed by atoms with E-state index in [0.29, 0.717) is 48.3 Å². The minimum atomic E-state index is -3.45. The lowest BCUT2D eigenvalue weighted by Crippen LogP contribution is -2.23. The predicted octanol–water partition coefficient (Wildman–Crippen LogP) is 6.65. The molecule has 5 aromatic rings. The van der Waals surface area contributed by atoms with Crippen molar-refractivity contribution in [2.24, 2.45) is 0 Å². The van der Waals surface area contributed by atoms with Crippen LogP contribution in [0.25, 0.3) is 0 Å². The number of ether oxygens (including phenoxy) is 2. The quantitative estimate of drug-likeness (QED) is 0.156. The zero-order valence-electron chi connectivity index (χ0n) is 25.1. The lowest BCUT2D eigenvalue weighted by atomic mass is 10.1. The largest absolute Gasteiger partial charge is 0.493 e. The van der Waals surface area contributed by atoms with Crippen LogP contribution in [0.3, 0.4) is 0 Å². The third-order valence-corrected chi connectivity index (χ3v) is 7.60. The molecular weight excluding hydrogens is 586 g/mol. The fourth-order valence-electron chi connectivity index (χ4n) is 4.78. The van der Waals surface area contributed by atoms with Crippen LogP contribution >= 0.6 is 0 Å². The minimum Gasteiger partial charge on any atom is -0.493 e. The molecule has 0 saturated carbocycles. The Kier molecular flexibility index (Phi) is 9.92. The monoisotopic (exact) mass is 619 g/mol. The number of nitrogens with one attached hydrogen (secondary N) is 1. The standard InChI is InChI=1S/C35H33N5O4S/c1-26-33(39-45(2,41)42)6-3-7-34(26)40(24-29-10-8-27(22-36)9-11-29)25-30-12-14-31(15-13-30)44-35-21-32(16-19-38-35)43-20-17-28-5-4-18-37-23-28/h3-16,18-19,21,23,39H,17,20,24-25H2,1-2H3. The molecule has 0 bridgehead atoms. The minimum absolute atomic E-state index is 0.426. The average Bonchev–Trinajstić information content (AvgIpc) is 3.03. The van der Waals surface area contributed by atoms with Gasteiger partial charge in [0, 0.05) is 49.9 Å². The molecule has 45 heavy (non-hydrogen) atoms. The number of nitriles is 1. The Morgan fingerprint density at radius 2 is 1.60 bits per heavy atom. The second-order valence-electron chi connectivity index (χ2n) is 10.5. The van der Waals surface area contributed by atoms with Crippen molar-refractivity contribution in [2.45, 2.75) is 26.4 Å². The summed E-state index contributed by atoms with van der Waals surface area (Å²) in [5.74, 6) is 1.73. The van der Waals surface area contributed by atoms with E-state index in [9.17, 15) is 13.7 Å². The molecule has 5 rings (SSSR count). The highest BCUT2D eigenvalue weighted by Crippen LogP contribution is 2.31. The zero-order chi connectivity index (χ0) is 31.6. The van der Waals surface area contributed by atoms with E-state index in [2.05, 4.69) is 25.7 Å². The molecule has 0 spiro atoms. The molecule has 10 heteroatoms. The first kappa shape index (κ1) is 31.0. The van der Waals surface area contributed by atoms with Gasteiger partial charge in [0.25, 0.3) is 0 Å². The van der Waals surface area contributed by atoms with Crippen molar-refractivity contribution in [2.75, 3.05) is 22.5 Å². The number of anilines is 2. The summed E-state index contributed by atoms with van der Waals surface area (Å²) in [6, 6.07) is 30.4. The molecule has 0 amide bonds. The van der Waals surface area contributed by atoms with Crippen LogP contribution in [0.15, 0.2) is 110 Å². The summed E-state index contributed by atoms with van der Waals surface area (Å²) in [5, 5.41) is 9.21. The van der Waals surface area contributed by atoms with Crippen molar-refractivity contribution in [1.82, 2.24) is 9.97 Å². The van der Waals surface area contributed by atoms with E-state index in [0.717, 1.165) is 40.6 Å². The third-order valence-electron chi connectivity index (χ3n) is 7.01. The Labute approximate surface area is 263 Å². The maximum Gasteiger partial charge on any atom is 0.229 e. The van der Waals surface area contributed by atoms with Crippen LogP contribution in [0.4, 0.5) is 11.4 Å². The van der Waals surface area contributed by atoms with E-state index < -0.39 is 10.0 Å². The van der Waals surface area contributed by atoms with Gasteiger partial charge in [-0.25, -0.2) is 13.4 Å². The van der Waals surface area contributed by atoms with E-state index in [1.807, 2.05) is 73.8 Å². The van der Waals surface area contributed by atoms with Crippen molar-refractivity contribution >= 4 is 21.4 Å². The summed E-state index contributed by atoms with van der Waals surface area (Å²) in [7, 11) is -3.45. The maximum atomic E-state index is 12.0. The Morgan fingerprint density at radius 3 is 2.27 bits per heavy atom. The van der Waals surface area contributed by atoms with E-state index in [-0.39, 0.29) is 0 Å². The summed E-state index contributed by atoms with van der Waals surface area (Å²) in [6.45, 7) is 3.50. The number of nitrogens with zero attached hydrogens (tertiary/aromatic N) is 4. The highest BCUT2D eigenvalue weighted by atomic mass is 32.2. The molecule has 0 radical (unpaired) electrons. The molecule has 0 atom stereocenters. The number of hydrogen-bond acceptors (Lipinski definition) is 8. The van der Waals surface area contributed by atoms with Gasteiger partial charge in [0.2, 0.25) is 15.9 Å². The molecule has 0 saturated heterocycles. The van der Waals surface area contributed by atoms with Crippen molar-refractivity contribution < 1.29 is 17.9 Å². The van der Waals surface area contributed by atoms with Gasteiger partial charge in [0.05, 0.1) is 30.2 Å². The summed E-state index contributed by atoms with van der Waals surface area (Å²) < 4.78 is 38.5. The first-order valence-electron chi connectivity index (χ1n) is 14.3. The lowest BCUT2D eigenvalue weighted by molar-refractivity contribution is 0.319. The van der Waals surface area contributed by atoms with Gasteiger partial charge in [-0.1, -0.05) is 36.4 Å². The maximum absolute atomic E-state index is 12.0. The van der Waals surface area contributed by atoms with Gasteiger partial charge in [0.15, 0.2) is 0 Å². The predicted molar refractivity (Wildman–Crippen MR) is 175 cm³/mol. The summed E-state index contributed by atoms with van der Waals surface area (Å²) in [6.07, 6.45) is 7.11. The fraction of sp³-hybridized carbons (Fsp3) is 0.171. The van der Waals surface area contributed by atoms with Crippen LogP contribution in [0.1, 0.15) is 27.8 Å². The Balaban J connectivity index is 1.30. The van der Waals surface area contributed by atoms with Gasteiger partial charge in [-0.2, -0.15) is 5.26 Å². The van der Waals surface area contributed by atoms with Crippen molar-refractivity contribution in [3.63, 3.8) is 0 Å². The third kappa shape index (κ3) is 9.05. The van der Waals surface area contributed by atoms with Crippen LogP contribution in [0.2, 0.25) is 0 Å². The number of pyridine rings is 2. The first-order valence-corrected chi connectivity index (χ1v) is 16.2. The van der Waals surface area contributed by atoms with Crippen molar-refractivity contribution in [3.05, 3.63) is 137 Å². The topological polar surface area (TPSA) is 117 Å². The van der Waals surface area contributed by atoms with Gasteiger partial charge in [-0.3, -0.25) is 9.71 Å². The van der Waals surface area contributed by atoms with Gasteiger partial charge >= 0.3 is 0 Å². The number of sulfonamides is 1. The number of benzene rings is 3. The Bertz CT molecular complexity index is 1880. The molecule has 3 aromatic carbocycles. The van der Waals surface area contributed by atoms with E-state index in [1.54, 1.807) is 42.7 Å². The smallest absolute Gasteiger partial charge is 0.229 e. The molecule has 2 heterocycles. The van der Waals surface area contributed by atoms with Gasteiger partial charge in [0.1, 0.15) is 11.5 Å².